The highest BCUT2D eigenvalue weighted by atomic mass is 32.3. The number of rotatable bonds is 26. The number of hydrogen-bond acceptors (Lipinski definition) is 25. The molecule has 2 saturated heterocycles. The molecule has 0 amide bonds. The van der Waals surface area contributed by atoms with Crippen LogP contribution in [0.25, 0.3) is 0 Å². The van der Waals surface area contributed by atoms with Crippen molar-refractivity contribution in [3.8, 4) is 0 Å². The largest absolute Gasteiger partial charge is 0.397 e. The molecule has 0 aromatic heterocycles. The zero-order chi connectivity index (χ0) is 45.4. The minimum absolute atomic E-state index is 0.0205. The molecule has 59 heavy (non-hydrogen) atoms. The molecule has 7 N–H and O–H groups in total. The molecule has 2 rings (SSSR count). The van der Waals surface area contributed by atoms with Crippen LogP contribution in [0.15, 0.2) is 0 Å². The lowest BCUT2D eigenvalue weighted by Gasteiger charge is -2.48. The van der Waals surface area contributed by atoms with Gasteiger partial charge in [0.2, 0.25) is 0 Å². The predicted molar refractivity (Wildman–Crippen MR) is 185 cm³/mol. The third-order valence-electron chi connectivity index (χ3n) is 7.18. The Balaban J connectivity index is 2.89. The normalized spacial score (nSPS) is 29.4. The Morgan fingerprint density at radius 2 is 0.814 bits per heavy atom. The second kappa shape index (κ2) is 21.8. The molecule has 0 aromatic rings. The molecule has 0 aromatic carbocycles. The summed E-state index contributed by atoms with van der Waals surface area (Å²) < 4.78 is 278. The van der Waals surface area contributed by atoms with Crippen LogP contribution in [0, 0.1) is 0 Å². The first-order valence-electron chi connectivity index (χ1n) is 15.7. The molecule has 2 fully saturated rings. The van der Waals surface area contributed by atoms with Gasteiger partial charge in [-0.15, -0.1) is 11.8 Å². The van der Waals surface area contributed by atoms with Crippen molar-refractivity contribution < 1.29 is 134 Å². The molecule has 2 aliphatic heterocycles. The van der Waals surface area contributed by atoms with Gasteiger partial charge in [-0.1, -0.05) is 39.0 Å². The summed E-state index contributed by atoms with van der Waals surface area (Å²) >= 11 is 0.576. The average Bonchev–Trinajstić information content (AvgIpc) is 3.00. The summed E-state index contributed by atoms with van der Waals surface area (Å²) in [5, 5.41) is 0. The lowest BCUT2D eigenvalue weighted by atomic mass is 9.97. The van der Waals surface area contributed by atoms with Crippen LogP contribution in [-0.4, -0.2) is 170 Å². The summed E-state index contributed by atoms with van der Waals surface area (Å²) in [6.07, 6.45) is -21.8. The van der Waals surface area contributed by atoms with E-state index in [9.17, 15) is 86.2 Å². The van der Waals surface area contributed by atoms with Gasteiger partial charge in [0, 0.05) is 0 Å². The van der Waals surface area contributed by atoms with E-state index in [1.165, 1.54) is 0 Å². The highest BCUT2D eigenvalue weighted by Gasteiger charge is 2.58. The Labute approximate surface area is 342 Å². The van der Waals surface area contributed by atoms with Gasteiger partial charge in [-0.25, -0.2) is 29.3 Å². The first kappa shape index (κ1) is 54.5. The maximum absolute atomic E-state index is 12.2. The number of ether oxygens (including phenoxy) is 3. The van der Waals surface area contributed by atoms with Crippen LogP contribution < -0.4 is 0 Å². The van der Waals surface area contributed by atoms with Crippen molar-refractivity contribution in [2.75, 3.05) is 19.0 Å². The highest BCUT2D eigenvalue weighted by Crippen LogP contribution is 2.39. The van der Waals surface area contributed by atoms with Crippen LogP contribution in [0.1, 0.15) is 45.4 Å². The van der Waals surface area contributed by atoms with Crippen LogP contribution >= 0.6 is 11.8 Å². The number of thioether (sulfide) groups is 1. The molecule has 0 bridgehead atoms. The van der Waals surface area contributed by atoms with Crippen LogP contribution in [-0.2, 0) is 116 Å². The Morgan fingerprint density at radius 3 is 1.25 bits per heavy atom. The van der Waals surface area contributed by atoms with Gasteiger partial charge >= 0.3 is 72.8 Å². The summed E-state index contributed by atoms with van der Waals surface area (Å²) in [7, 11) is -41.0. The fourth-order valence-corrected chi connectivity index (χ4v) is 9.61. The highest BCUT2D eigenvalue weighted by molar-refractivity contribution is 7.99. The van der Waals surface area contributed by atoms with Crippen LogP contribution in [0.2, 0.25) is 0 Å². The average molecular weight is 1030 g/mol. The van der Waals surface area contributed by atoms with Crippen molar-refractivity contribution in [2.45, 2.75) is 106 Å². The van der Waals surface area contributed by atoms with Gasteiger partial charge in [-0.2, -0.15) is 58.9 Å². The third kappa shape index (κ3) is 22.0. The van der Waals surface area contributed by atoms with Gasteiger partial charge in [-0.3, -0.25) is 31.9 Å². The van der Waals surface area contributed by atoms with Crippen molar-refractivity contribution in [1.82, 2.24) is 0 Å². The Morgan fingerprint density at radius 1 is 0.441 bits per heavy atom. The molecule has 10 atom stereocenters. The second-order valence-electron chi connectivity index (χ2n) is 11.7. The van der Waals surface area contributed by atoms with Crippen molar-refractivity contribution in [3.63, 3.8) is 0 Å². The predicted octanol–water partition coefficient (Wildman–Crippen LogP) is -2.51. The minimum atomic E-state index is -6.08. The lowest BCUT2D eigenvalue weighted by Crippen LogP contribution is -2.67. The van der Waals surface area contributed by atoms with Gasteiger partial charge < -0.3 is 14.2 Å². The Bertz CT molecular complexity index is 2160. The fraction of sp³-hybridized carbons (Fsp3) is 1.00. The summed E-state index contributed by atoms with van der Waals surface area (Å²) in [5.74, 6) is -0.0205. The first-order valence-corrected chi connectivity index (χ1v) is 26.3. The Hall–Kier alpha value is -0.680. The van der Waals surface area contributed by atoms with E-state index >= 15 is 0 Å². The molecule has 0 radical (unpaired) electrons. The molecular weight excluding hydrogens is 993 g/mol. The van der Waals surface area contributed by atoms with Gasteiger partial charge in [0.05, 0.1) is 13.2 Å². The molecule has 31 nitrogen and oxygen atoms in total. The lowest BCUT2D eigenvalue weighted by molar-refractivity contribution is -0.325. The zero-order valence-electron chi connectivity index (χ0n) is 29.3. The van der Waals surface area contributed by atoms with E-state index in [0.29, 0.717) is 31.0 Å². The topological polar surface area (TPSA) is 473 Å². The smallest absolute Gasteiger partial charge is 0.356 e. The summed E-state index contributed by atoms with van der Waals surface area (Å²) in [6.45, 7) is -1.45. The quantitative estimate of drug-likeness (QED) is 0.0348. The molecule has 39 heteroatoms. The van der Waals surface area contributed by atoms with E-state index in [0.717, 1.165) is 19.3 Å². The van der Waals surface area contributed by atoms with Crippen molar-refractivity contribution in [3.05, 3.63) is 0 Å². The number of unbranched alkanes of at least 4 members (excludes halogenated alkanes) is 5. The molecule has 2 heterocycles. The van der Waals surface area contributed by atoms with E-state index < -0.39 is 147 Å². The van der Waals surface area contributed by atoms with E-state index in [1.54, 1.807) is 0 Å². The fourth-order valence-electron chi connectivity index (χ4n) is 5.22. The van der Waals surface area contributed by atoms with Crippen LogP contribution in [0.4, 0.5) is 0 Å². The first-order chi connectivity index (χ1) is 26.6. The van der Waals surface area contributed by atoms with E-state index in [2.05, 4.69) is 29.3 Å². The van der Waals surface area contributed by atoms with Crippen LogP contribution in [0.3, 0.4) is 0 Å². The van der Waals surface area contributed by atoms with E-state index in [4.69, 9.17) is 18.8 Å². The SMILES string of the molecule is CCCCCCCCS[C@@H]1O[C@H](COS(=O)(=O)O)[C@@H](O[C@@H]2O[C@H](COS(=O)(=O)O)[C@H](OS(=O)(=O)O)[C@H](OS(=O)(=O)O)[C@H]2OS(=O)(=O)O)[C@H](OS(=O)(=O)O)[C@H]1OS(=O)(=O)O. The standard InChI is InChI=1S/C20H38O31S8/c1-2-3-4-5-6-7-8-52-20-18(51-59(39,40)41)15(48-56(30,31)32)13(11(45-20)9-42-53(21,22)23)46-19-17(50-58(36,37)38)16(49-57(33,34)35)14(47-55(27,28)29)12(44-19)10-43-54(24,25)26/h11-20H,2-10H2,1H3,(H,21,22,23)(H,24,25,26)(H,27,28,29)(H,30,31,32)(H,33,34,35)(H,36,37,38)(H,39,40,41)/t11-,12-,13-,14+,15+,16+,17-,18-,19+,20+/m1/s1. The molecule has 0 aliphatic carbocycles. The van der Waals surface area contributed by atoms with Crippen molar-refractivity contribution in [1.29, 1.82) is 0 Å². The summed E-state index contributed by atoms with van der Waals surface area (Å²) in [6, 6.07) is 0. The van der Waals surface area contributed by atoms with Gasteiger partial charge in [0.1, 0.15) is 48.2 Å². The van der Waals surface area contributed by atoms with E-state index in [-0.39, 0.29) is 5.75 Å². The molecule has 0 unspecified atom stereocenters. The zero-order valence-corrected chi connectivity index (χ0v) is 35.9. The molecule has 0 saturated carbocycles. The van der Waals surface area contributed by atoms with Crippen molar-refractivity contribution >= 4 is 84.6 Å². The monoisotopic (exact) mass is 1030 g/mol. The van der Waals surface area contributed by atoms with E-state index in [1.807, 2.05) is 6.92 Å². The summed E-state index contributed by atoms with van der Waals surface area (Å²) in [5.41, 5.74) is -1.95. The van der Waals surface area contributed by atoms with Gasteiger partial charge in [-0.05, 0) is 12.2 Å². The maximum atomic E-state index is 12.2. The van der Waals surface area contributed by atoms with Gasteiger partial charge in [0.25, 0.3) is 0 Å². The number of hydrogen-bond donors (Lipinski definition) is 7. The molecule has 0 spiro atoms. The minimum Gasteiger partial charge on any atom is -0.356 e. The summed E-state index contributed by atoms with van der Waals surface area (Å²) in [4.78, 5) is 0. The Kier molecular flexibility index (Phi) is 20.1. The molecule has 352 valence electrons. The van der Waals surface area contributed by atoms with Gasteiger partial charge in [0.15, 0.2) is 12.4 Å². The molecular formula is C20H38O31S8. The maximum Gasteiger partial charge on any atom is 0.397 e. The van der Waals surface area contributed by atoms with Crippen LogP contribution in [0.5, 0.6) is 0 Å². The van der Waals surface area contributed by atoms with Crippen molar-refractivity contribution in [2.24, 2.45) is 0 Å². The third-order valence-corrected chi connectivity index (χ3v) is 11.6. The molecule has 2 aliphatic rings. The second-order valence-corrected chi connectivity index (χ2v) is 20.3.